The molecule has 1 N–H and O–H groups in total. The summed E-state index contributed by atoms with van der Waals surface area (Å²) in [6.07, 6.45) is 0.294. The van der Waals surface area contributed by atoms with Crippen LogP contribution in [0.5, 0.6) is 5.75 Å². The fourth-order valence-electron chi connectivity index (χ4n) is 1.73. The zero-order valence-electron chi connectivity index (χ0n) is 11.8. The lowest BCUT2D eigenvalue weighted by molar-refractivity contribution is -0.151. The molecule has 0 spiro atoms. The number of ether oxygens (including phenoxy) is 2. The van der Waals surface area contributed by atoms with Gasteiger partial charge in [0.1, 0.15) is 5.75 Å². The van der Waals surface area contributed by atoms with Crippen LogP contribution in [0.2, 0.25) is 0 Å². The molecule has 0 aromatic heterocycles. The van der Waals surface area contributed by atoms with Crippen molar-refractivity contribution in [3.05, 3.63) is 29.8 Å². The highest BCUT2D eigenvalue weighted by Gasteiger charge is 2.21. The van der Waals surface area contributed by atoms with Gasteiger partial charge in [0, 0.05) is 0 Å². The van der Waals surface area contributed by atoms with E-state index in [1.807, 2.05) is 13.0 Å². The van der Waals surface area contributed by atoms with Crippen LogP contribution in [-0.2, 0) is 9.53 Å². The molecule has 0 amide bonds. The van der Waals surface area contributed by atoms with E-state index in [1.54, 1.807) is 32.0 Å². The number of rotatable bonds is 7. The second-order valence-electron chi connectivity index (χ2n) is 4.40. The fourth-order valence-corrected chi connectivity index (χ4v) is 1.73. The molecule has 0 saturated carbocycles. The van der Waals surface area contributed by atoms with Gasteiger partial charge < -0.3 is 14.6 Å². The highest BCUT2D eigenvalue weighted by molar-refractivity contribution is 5.75. The second kappa shape index (κ2) is 7.79. The smallest absolute Gasteiger partial charge is 0.347 e. The highest BCUT2D eigenvalue weighted by atomic mass is 16.6. The Labute approximate surface area is 114 Å². The van der Waals surface area contributed by atoms with Gasteiger partial charge >= 0.3 is 5.97 Å². The first kappa shape index (κ1) is 15.5. The normalized spacial score (nSPS) is 13.7. The summed E-state index contributed by atoms with van der Waals surface area (Å²) in [5, 5.41) is 9.53. The molecule has 1 rings (SSSR count). The Morgan fingerprint density at radius 3 is 2.68 bits per heavy atom. The van der Waals surface area contributed by atoms with E-state index >= 15 is 0 Å². The zero-order chi connectivity index (χ0) is 14.3. The fraction of sp³-hybridized carbons (Fsp3) is 0.533. The van der Waals surface area contributed by atoms with E-state index in [2.05, 4.69) is 0 Å². The van der Waals surface area contributed by atoms with Crippen LogP contribution in [0.25, 0.3) is 0 Å². The number of esters is 1. The first-order valence-electron chi connectivity index (χ1n) is 6.69. The Morgan fingerprint density at radius 2 is 2.11 bits per heavy atom. The first-order chi connectivity index (χ1) is 9.08. The molecule has 0 aliphatic carbocycles. The number of hydrogen-bond acceptors (Lipinski definition) is 4. The minimum absolute atomic E-state index is 0.341. The van der Waals surface area contributed by atoms with Gasteiger partial charge in [0.25, 0.3) is 0 Å². The maximum absolute atomic E-state index is 11.8. The van der Waals surface area contributed by atoms with Crippen molar-refractivity contribution < 1.29 is 19.4 Å². The standard InChI is InChI=1S/C15H22O4/c1-4-7-14(15(17)18-5-2)19-13-9-6-8-12(10-13)11(3)16/h6,8-11,14,16H,4-5,7H2,1-3H3/t11-,14?/m1/s1. The van der Waals surface area contributed by atoms with E-state index in [1.165, 1.54) is 0 Å². The Kier molecular flexibility index (Phi) is 6.36. The topological polar surface area (TPSA) is 55.8 Å². The van der Waals surface area contributed by atoms with Crippen LogP contribution < -0.4 is 4.74 Å². The van der Waals surface area contributed by atoms with Crippen molar-refractivity contribution in [3.8, 4) is 5.75 Å². The Bertz CT molecular complexity index is 401. The van der Waals surface area contributed by atoms with Gasteiger partial charge in [0.2, 0.25) is 0 Å². The van der Waals surface area contributed by atoms with Gasteiger partial charge in [-0.1, -0.05) is 25.5 Å². The molecule has 4 heteroatoms. The van der Waals surface area contributed by atoms with E-state index in [-0.39, 0.29) is 5.97 Å². The van der Waals surface area contributed by atoms with Gasteiger partial charge in [0.15, 0.2) is 6.10 Å². The predicted molar refractivity (Wildman–Crippen MR) is 73.0 cm³/mol. The largest absolute Gasteiger partial charge is 0.479 e. The summed E-state index contributed by atoms with van der Waals surface area (Å²) < 4.78 is 10.7. The molecule has 0 bridgehead atoms. The molecule has 4 nitrogen and oxygen atoms in total. The summed E-state index contributed by atoms with van der Waals surface area (Å²) in [7, 11) is 0. The minimum atomic E-state index is -0.589. The van der Waals surface area contributed by atoms with E-state index < -0.39 is 12.2 Å². The van der Waals surface area contributed by atoms with Gasteiger partial charge in [-0.15, -0.1) is 0 Å². The third kappa shape index (κ3) is 4.91. The number of carbonyl (C=O) groups is 1. The van der Waals surface area contributed by atoms with Crippen molar-refractivity contribution in [3.63, 3.8) is 0 Å². The summed E-state index contributed by atoms with van der Waals surface area (Å²) in [5.41, 5.74) is 0.761. The van der Waals surface area contributed by atoms with Gasteiger partial charge in [-0.25, -0.2) is 4.79 Å². The molecule has 0 aliphatic rings. The van der Waals surface area contributed by atoms with Gasteiger partial charge in [0.05, 0.1) is 12.7 Å². The van der Waals surface area contributed by atoms with Gasteiger partial charge in [-0.3, -0.25) is 0 Å². The SMILES string of the molecule is CCCC(Oc1cccc([C@@H](C)O)c1)C(=O)OCC. The van der Waals surface area contributed by atoms with Crippen molar-refractivity contribution in [2.45, 2.75) is 45.8 Å². The number of aliphatic hydroxyl groups is 1. The summed E-state index contributed by atoms with van der Waals surface area (Å²) in [6, 6.07) is 7.13. The molecule has 0 saturated heterocycles. The average Bonchev–Trinajstić information content (AvgIpc) is 2.39. The molecular formula is C15H22O4. The average molecular weight is 266 g/mol. The van der Waals surface area contributed by atoms with E-state index in [4.69, 9.17) is 9.47 Å². The lowest BCUT2D eigenvalue weighted by Crippen LogP contribution is -2.29. The van der Waals surface area contributed by atoms with Crippen LogP contribution in [0.4, 0.5) is 0 Å². The summed E-state index contributed by atoms with van der Waals surface area (Å²) >= 11 is 0. The monoisotopic (exact) mass is 266 g/mol. The first-order valence-corrected chi connectivity index (χ1v) is 6.69. The predicted octanol–water partition coefficient (Wildman–Crippen LogP) is 2.85. The molecule has 2 atom stereocenters. The van der Waals surface area contributed by atoms with E-state index in [0.29, 0.717) is 18.8 Å². The number of benzene rings is 1. The second-order valence-corrected chi connectivity index (χ2v) is 4.40. The molecule has 0 aliphatic heterocycles. The molecule has 0 fully saturated rings. The van der Waals surface area contributed by atoms with Crippen molar-refractivity contribution >= 4 is 5.97 Å². The Morgan fingerprint density at radius 1 is 1.37 bits per heavy atom. The van der Waals surface area contributed by atoms with Crippen LogP contribution in [0.1, 0.15) is 45.3 Å². The highest BCUT2D eigenvalue weighted by Crippen LogP contribution is 2.21. The van der Waals surface area contributed by atoms with E-state index in [9.17, 15) is 9.90 Å². The summed E-state index contributed by atoms with van der Waals surface area (Å²) in [5.74, 6) is 0.233. The number of hydrogen-bond donors (Lipinski definition) is 1. The van der Waals surface area contributed by atoms with Crippen LogP contribution in [-0.4, -0.2) is 23.8 Å². The molecule has 1 aromatic rings. The molecule has 0 radical (unpaired) electrons. The third-order valence-corrected chi connectivity index (χ3v) is 2.72. The Hall–Kier alpha value is -1.55. The summed E-state index contributed by atoms with van der Waals surface area (Å²) in [6.45, 7) is 5.79. The third-order valence-electron chi connectivity index (χ3n) is 2.72. The maximum Gasteiger partial charge on any atom is 0.347 e. The number of carbonyl (C=O) groups excluding carboxylic acids is 1. The van der Waals surface area contributed by atoms with Crippen molar-refractivity contribution in [1.82, 2.24) is 0 Å². The van der Waals surface area contributed by atoms with Crippen LogP contribution in [0.3, 0.4) is 0 Å². The molecular weight excluding hydrogens is 244 g/mol. The molecule has 1 aromatic carbocycles. The van der Waals surface area contributed by atoms with Crippen LogP contribution >= 0.6 is 0 Å². The maximum atomic E-state index is 11.8. The molecule has 19 heavy (non-hydrogen) atoms. The molecule has 106 valence electrons. The van der Waals surface area contributed by atoms with Crippen LogP contribution in [0, 0.1) is 0 Å². The summed E-state index contributed by atoms with van der Waals surface area (Å²) in [4.78, 5) is 11.8. The number of aliphatic hydroxyl groups excluding tert-OH is 1. The Balaban J connectivity index is 2.78. The van der Waals surface area contributed by atoms with Gasteiger partial charge in [-0.2, -0.15) is 0 Å². The van der Waals surface area contributed by atoms with Gasteiger partial charge in [-0.05, 0) is 38.0 Å². The van der Waals surface area contributed by atoms with Crippen LogP contribution in [0.15, 0.2) is 24.3 Å². The van der Waals surface area contributed by atoms with E-state index in [0.717, 1.165) is 12.0 Å². The van der Waals surface area contributed by atoms with Crippen molar-refractivity contribution in [2.75, 3.05) is 6.61 Å². The van der Waals surface area contributed by atoms with Crippen molar-refractivity contribution in [1.29, 1.82) is 0 Å². The quantitative estimate of drug-likeness (QED) is 0.771. The minimum Gasteiger partial charge on any atom is -0.479 e. The lowest BCUT2D eigenvalue weighted by Gasteiger charge is -2.17. The molecule has 1 unspecified atom stereocenters. The zero-order valence-corrected chi connectivity index (χ0v) is 11.8. The lowest BCUT2D eigenvalue weighted by atomic mass is 10.1. The molecule has 0 heterocycles. The van der Waals surface area contributed by atoms with Crippen molar-refractivity contribution in [2.24, 2.45) is 0 Å².